The summed E-state index contributed by atoms with van der Waals surface area (Å²) >= 11 is 5.02. The molecule has 1 nitrogen and oxygen atoms in total. The van der Waals surface area contributed by atoms with Crippen LogP contribution >= 0.6 is 31.9 Å². The van der Waals surface area contributed by atoms with Gasteiger partial charge >= 0.3 is 4.83 Å². The van der Waals surface area contributed by atoms with E-state index >= 15 is 0 Å². The molecule has 0 aliphatic rings. The van der Waals surface area contributed by atoms with E-state index in [2.05, 4.69) is 15.9 Å². The Morgan fingerprint density at radius 2 is 1.87 bits per heavy atom. The van der Waals surface area contributed by atoms with Gasteiger partial charge in [-0.2, -0.15) is 8.78 Å². The first-order chi connectivity index (χ1) is 6.66. The molecule has 84 valence electrons. The van der Waals surface area contributed by atoms with Crippen LogP contribution in [-0.2, 0) is 5.60 Å². The van der Waals surface area contributed by atoms with Crippen molar-refractivity contribution in [2.24, 2.45) is 0 Å². The van der Waals surface area contributed by atoms with Crippen LogP contribution in [-0.4, -0.2) is 9.94 Å². The molecule has 0 aromatic heterocycles. The molecule has 0 fully saturated rings. The smallest absolute Gasteiger partial charge is 0.333 e. The van der Waals surface area contributed by atoms with Gasteiger partial charge in [0.15, 0.2) is 5.60 Å². The maximum atomic E-state index is 13.3. The summed E-state index contributed by atoms with van der Waals surface area (Å²) in [4.78, 5) is -3.60. The Morgan fingerprint density at radius 3 is 2.27 bits per heavy atom. The average molecular weight is 348 g/mol. The van der Waals surface area contributed by atoms with Crippen LogP contribution < -0.4 is 0 Å². The molecule has 0 spiro atoms. The second-order valence-corrected chi connectivity index (χ2v) is 5.11. The van der Waals surface area contributed by atoms with E-state index in [-0.39, 0.29) is 0 Å². The van der Waals surface area contributed by atoms with E-state index in [9.17, 15) is 18.3 Å². The zero-order valence-electron chi connectivity index (χ0n) is 7.57. The fourth-order valence-electron chi connectivity index (χ4n) is 1.04. The van der Waals surface area contributed by atoms with Crippen LogP contribution in [0.1, 0.15) is 12.5 Å². The number of hydrogen-bond acceptors (Lipinski definition) is 1. The molecule has 0 aliphatic carbocycles. The first-order valence-electron chi connectivity index (χ1n) is 3.91. The van der Waals surface area contributed by atoms with Gasteiger partial charge in [-0.15, -0.1) is 0 Å². The normalized spacial score (nSPS) is 16.2. The minimum atomic E-state index is -3.60. The molecule has 1 aromatic rings. The van der Waals surface area contributed by atoms with E-state index in [0.717, 1.165) is 19.1 Å². The predicted molar refractivity (Wildman–Crippen MR) is 57.5 cm³/mol. The molecule has 0 aliphatic heterocycles. The van der Waals surface area contributed by atoms with Gasteiger partial charge in [-0.25, -0.2) is 4.39 Å². The number of hydrogen-bond donors (Lipinski definition) is 1. The second-order valence-electron chi connectivity index (χ2n) is 3.19. The fraction of sp³-hybridized carbons (Fsp3) is 0.333. The molecule has 1 atom stereocenters. The number of benzene rings is 1. The van der Waals surface area contributed by atoms with Gasteiger partial charge in [0.1, 0.15) is 5.82 Å². The molecular weight excluding hydrogens is 341 g/mol. The van der Waals surface area contributed by atoms with E-state index in [4.69, 9.17) is 0 Å². The van der Waals surface area contributed by atoms with Gasteiger partial charge in [0.05, 0.1) is 0 Å². The Labute approximate surface area is 102 Å². The van der Waals surface area contributed by atoms with Crippen molar-refractivity contribution in [2.45, 2.75) is 17.4 Å². The third kappa shape index (κ3) is 2.54. The molecular formula is C9H7Br2F3O. The molecule has 1 unspecified atom stereocenters. The van der Waals surface area contributed by atoms with Crippen LogP contribution in [0, 0.1) is 5.82 Å². The average Bonchev–Trinajstić information content (AvgIpc) is 2.00. The second kappa shape index (κ2) is 4.07. The van der Waals surface area contributed by atoms with E-state index in [0.29, 0.717) is 4.47 Å². The van der Waals surface area contributed by atoms with Crippen LogP contribution in [0.25, 0.3) is 0 Å². The predicted octanol–water partition coefficient (Wildman–Crippen LogP) is 3.78. The highest BCUT2D eigenvalue weighted by atomic mass is 79.9. The van der Waals surface area contributed by atoms with E-state index in [1.54, 1.807) is 0 Å². The third-order valence-electron chi connectivity index (χ3n) is 2.01. The molecule has 0 heterocycles. The topological polar surface area (TPSA) is 20.2 Å². The summed E-state index contributed by atoms with van der Waals surface area (Å²) in [5.41, 5.74) is -3.06. The van der Waals surface area contributed by atoms with Crippen molar-refractivity contribution >= 4 is 31.9 Å². The molecule has 1 rings (SSSR count). The lowest BCUT2D eigenvalue weighted by Gasteiger charge is -2.28. The van der Waals surface area contributed by atoms with Crippen molar-refractivity contribution in [2.75, 3.05) is 0 Å². The molecule has 0 saturated carbocycles. The monoisotopic (exact) mass is 346 g/mol. The maximum Gasteiger partial charge on any atom is 0.333 e. The van der Waals surface area contributed by atoms with Crippen molar-refractivity contribution < 1.29 is 18.3 Å². The first-order valence-corrected chi connectivity index (χ1v) is 5.49. The van der Waals surface area contributed by atoms with Crippen LogP contribution in [0.15, 0.2) is 22.7 Å². The lowest BCUT2D eigenvalue weighted by Crippen LogP contribution is -2.38. The van der Waals surface area contributed by atoms with Gasteiger partial charge in [0.25, 0.3) is 0 Å². The summed E-state index contributed by atoms with van der Waals surface area (Å²) in [5.74, 6) is -0.895. The zero-order valence-corrected chi connectivity index (χ0v) is 10.7. The minimum absolute atomic E-state index is 0.414. The highest BCUT2D eigenvalue weighted by molar-refractivity contribution is 9.10. The van der Waals surface area contributed by atoms with Crippen molar-refractivity contribution in [3.8, 4) is 0 Å². The molecule has 1 aromatic carbocycles. The quantitative estimate of drug-likeness (QED) is 0.807. The Bertz CT molecular complexity index is 374. The lowest BCUT2D eigenvalue weighted by atomic mass is 9.96. The van der Waals surface area contributed by atoms with Crippen molar-refractivity contribution in [1.82, 2.24) is 0 Å². The standard InChI is InChI=1S/C9H7Br2F3O/c1-8(15,9(11,13)14)6-3-2-5(10)4-7(6)12/h2-4,15H,1H3. The van der Waals surface area contributed by atoms with Gasteiger partial charge in [-0.3, -0.25) is 0 Å². The molecule has 0 saturated heterocycles. The Balaban J connectivity index is 3.28. The number of halogens is 5. The summed E-state index contributed by atoms with van der Waals surface area (Å²) in [7, 11) is 0. The number of rotatable bonds is 2. The Morgan fingerprint density at radius 1 is 1.33 bits per heavy atom. The minimum Gasteiger partial charge on any atom is -0.378 e. The van der Waals surface area contributed by atoms with Crippen LogP contribution in [0.4, 0.5) is 13.2 Å². The summed E-state index contributed by atoms with van der Waals surface area (Å²) in [6.45, 7) is 0.841. The molecule has 15 heavy (non-hydrogen) atoms. The Kier molecular flexibility index (Phi) is 3.52. The number of aliphatic hydroxyl groups is 1. The van der Waals surface area contributed by atoms with Gasteiger partial charge in [0, 0.05) is 10.0 Å². The van der Waals surface area contributed by atoms with Crippen molar-refractivity contribution in [1.29, 1.82) is 0 Å². The third-order valence-corrected chi connectivity index (χ3v) is 3.27. The SMILES string of the molecule is CC(O)(c1ccc(Br)cc1F)C(F)(F)Br. The first kappa shape index (κ1) is 13.0. The van der Waals surface area contributed by atoms with Gasteiger partial charge in [0.2, 0.25) is 0 Å². The zero-order chi connectivity index (χ0) is 11.9. The van der Waals surface area contributed by atoms with Gasteiger partial charge in [-0.1, -0.05) is 22.0 Å². The van der Waals surface area contributed by atoms with E-state index in [1.165, 1.54) is 6.07 Å². The van der Waals surface area contributed by atoms with Crippen LogP contribution in [0.5, 0.6) is 0 Å². The van der Waals surface area contributed by atoms with Gasteiger partial charge in [-0.05, 0) is 35.0 Å². The van der Waals surface area contributed by atoms with Crippen molar-refractivity contribution in [3.63, 3.8) is 0 Å². The highest BCUT2D eigenvalue weighted by Gasteiger charge is 2.49. The maximum absolute atomic E-state index is 13.3. The molecule has 0 bridgehead atoms. The van der Waals surface area contributed by atoms with E-state index in [1.807, 2.05) is 15.9 Å². The lowest BCUT2D eigenvalue weighted by molar-refractivity contribution is -0.110. The van der Waals surface area contributed by atoms with Crippen molar-refractivity contribution in [3.05, 3.63) is 34.1 Å². The van der Waals surface area contributed by atoms with Gasteiger partial charge < -0.3 is 5.11 Å². The fourth-order valence-corrected chi connectivity index (χ4v) is 1.58. The summed E-state index contributed by atoms with van der Waals surface area (Å²) in [6, 6.07) is 3.50. The van der Waals surface area contributed by atoms with Crippen LogP contribution in [0.2, 0.25) is 0 Å². The highest BCUT2D eigenvalue weighted by Crippen LogP contribution is 2.43. The van der Waals surface area contributed by atoms with Crippen LogP contribution in [0.3, 0.4) is 0 Å². The summed E-state index contributed by atoms with van der Waals surface area (Å²) in [6.07, 6.45) is 0. The molecule has 1 N–H and O–H groups in total. The van der Waals surface area contributed by atoms with E-state index < -0.39 is 21.8 Å². The largest absolute Gasteiger partial charge is 0.378 e. The molecule has 0 amide bonds. The number of alkyl halides is 3. The molecule has 0 radical (unpaired) electrons. The summed E-state index contributed by atoms with van der Waals surface area (Å²) in [5, 5.41) is 9.54. The summed E-state index contributed by atoms with van der Waals surface area (Å²) < 4.78 is 39.7. The molecule has 6 heteroatoms. The Hall–Kier alpha value is -0.0700.